The summed E-state index contributed by atoms with van der Waals surface area (Å²) in [5.41, 5.74) is 8.15. The summed E-state index contributed by atoms with van der Waals surface area (Å²) < 4.78 is 1.85. The molecule has 1 aliphatic heterocycles. The van der Waals surface area contributed by atoms with Gasteiger partial charge in [0.1, 0.15) is 0 Å². The Labute approximate surface area is 113 Å². The summed E-state index contributed by atoms with van der Waals surface area (Å²) in [7, 11) is 0. The number of fused-ring (bicyclic) bond motifs is 1. The second kappa shape index (κ2) is 4.81. The molecule has 2 unspecified atom stereocenters. The molecular weight excluding hydrogens is 238 g/mol. The molecular formula is C14H21N5. The number of hydrogen-bond donors (Lipinski definition) is 1. The third kappa shape index (κ3) is 2.42. The Balaban J connectivity index is 1.87. The Morgan fingerprint density at radius 1 is 1.47 bits per heavy atom. The second-order valence-electron chi connectivity index (χ2n) is 5.63. The third-order valence-electron chi connectivity index (χ3n) is 3.97. The minimum absolute atomic E-state index is 0.238. The van der Waals surface area contributed by atoms with E-state index in [9.17, 15) is 0 Å². The first kappa shape index (κ1) is 12.4. The van der Waals surface area contributed by atoms with Crippen molar-refractivity contribution in [3.63, 3.8) is 0 Å². The predicted octanol–water partition coefficient (Wildman–Crippen LogP) is 1.60. The molecule has 0 bridgehead atoms. The van der Waals surface area contributed by atoms with Crippen molar-refractivity contribution in [2.75, 3.05) is 18.0 Å². The molecule has 1 fully saturated rings. The molecule has 1 saturated heterocycles. The number of rotatable bonds is 2. The molecule has 0 aromatic carbocycles. The number of pyridine rings is 1. The fourth-order valence-electron chi connectivity index (χ4n) is 2.73. The van der Waals surface area contributed by atoms with E-state index in [1.807, 2.05) is 16.8 Å². The van der Waals surface area contributed by atoms with E-state index in [1.165, 1.54) is 18.4 Å². The van der Waals surface area contributed by atoms with E-state index in [1.54, 1.807) is 0 Å². The summed E-state index contributed by atoms with van der Waals surface area (Å²) in [4.78, 5) is 6.89. The lowest BCUT2D eigenvalue weighted by Crippen LogP contribution is -2.42. The van der Waals surface area contributed by atoms with Crippen molar-refractivity contribution in [2.45, 2.75) is 32.7 Å². The van der Waals surface area contributed by atoms with Crippen LogP contribution in [0.25, 0.3) is 5.65 Å². The smallest absolute Gasteiger partial charge is 0.245 e. The summed E-state index contributed by atoms with van der Waals surface area (Å²) >= 11 is 0. The van der Waals surface area contributed by atoms with Gasteiger partial charge in [0.25, 0.3) is 0 Å². The summed E-state index contributed by atoms with van der Waals surface area (Å²) in [5, 5.41) is 4.56. The maximum Gasteiger partial charge on any atom is 0.245 e. The molecule has 3 rings (SSSR count). The summed E-state index contributed by atoms with van der Waals surface area (Å²) in [6.07, 6.45) is 4.34. The van der Waals surface area contributed by atoms with Crippen molar-refractivity contribution in [1.29, 1.82) is 0 Å². The zero-order chi connectivity index (χ0) is 13.4. The van der Waals surface area contributed by atoms with Crippen LogP contribution in [0.15, 0.2) is 18.3 Å². The number of aromatic nitrogens is 3. The van der Waals surface area contributed by atoms with Gasteiger partial charge in [0, 0.05) is 25.3 Å². The highest BCUT2D eigenvalue weighted by molar-refractivity contribution is 5.46. The van der Waals surface area contributed by atoms with Crippen molar-refractivity contribution >= 4 is 11.6 Å². The first-order chi connectivity index (χ1) is 9.13. The highest BCUT2D eigenvalue weighted by Crippen LogP contribution is 2.22. The predicted molar refractivity (Wildman–Crippen MR) is 76.3 cm³/mol. The molecule has 3 heterocycles. The van der Waals surface area contributed by atoms with Crippen LogP contribution in [0.1, 0.15) is 25.3 Å². The molecule has 0 spiro atoms. The molecule has 2 aromatic rings. The minimum atomic E-state index is 0.238. The second-order valence-corrected chi connectivity index (χ2v) is 5.63. The molecule has 5 heteroatoms. The molecule has 1 aliphatic rings. The van der Waals surface area contributed by atoms with Gasteiger partial charge in [-0.05, 0) is 50.3 Å². The monoisotopic (exact) mass is 259 g/mol. The van der Waals surface area contributed by atoms with Gasteiger partial charge in [0.05, 0.1) is 0 Å². The topological polar surface area (TPSA) is 59.5 Å². The van der Waals surface area contributed by atoms with Crippen LogP contribution in [0.2, 0.25) is 0 Å². The van der Waals surface area contributed by atoms with E-state index < -0.39 is 0 Å². The molecule has 5 nitrogen and oxygen atoms in total. The van der Waals surface area contributed by atoms with E-state index >= 15 is 0 Å². The van der Waals surface area contributed by atoms with Gasteiger partial charge in [-0.2, -0.15) is 4.98 Å². The van der Waals surface area contributed by atoms with Crippen LogP contribution in [-0.4, -0.2) is 33.7 Å². The first-order valence-electron chi connectivity index (χ1n) is 6.97. The van der Waals surface area contributed by atoms with E-state index in [0.29, 0.717) is 5.92 Å². The third-order valence-corrected chi connectivity index (χ3v) is 3.97. The van der Waals surface area contributed by atoms with Crippen molar-refractivity contribution in [3.05, 3.63) is 23.9 Å². The fourth-order valence-corrected chi connectivity index (χ4v) is 2.73. The average Bonchev–Trinajstić information content (AvgIpc) is 2.81. The van der Waals surface area contributed by atoms with Gasteiger partial charge in [0.15, 0.2) is 5.65 Å². The molecule has 102 valence electrons. The maximum absolute atomic E-state index is 6.03. The van der Waals surface area contributed by atoms with Crippen molar-refractivity contribution in [3.8, 4) is 0 Å². The molecule has 0 amide bonds. The molecule has 0 saturated carbocycles. The zero-order valence-electron chi connectivity index (χ0n) is 11.6. The quantitative estimate of drug-likeness (QED) is 0.890. The number of aryl methyl sites for hydroxylation is 1. The van der Waals surface area contributed by atoms with Crippen molar-refractivity contribution in [2.24, 2.45) is 11.7 Å². The molecule has 2 N–H and O–H groups in total. The van der Waals surface area contributed by atoms with Crippen LogP contribution in [0.5, 0.6) is 0 Å². The lowest BCUT2D eigenvalue weighted by atomic mass is 9.92. The SMILES string of the molecule is Cc1ccn2nc(N3CCCC(C(C)N)C3)nc2c1. The summed E-state index contributed by atoms with van der Waals surface area (Å²) in [5.74, 6) is 1.37. The van der Waals surface area contributed by atoms with Gasteiger partial charge in [-0.3, -0.25) is 0 Å². The Morgan fingerprint density at radius 2 is 2.32 bits per heavy atom. The number of hydrogen-bond acceptors (Lipinski definition) is 4. The number of nitrogens with two attached hydrogens (primary N) is 1. The molecule has 0 aliphatic carbocycles. The Kier molecular flexibility index (Phi) is 3.14. The average molecular weight is 259 g/mol. The lowest BCUT2D eigenvalue weighted by Gasteiger charge is -2.33. The van der Waals surface area contributed by atoms with Crippen LogP contribution in [0, 0.1) is 12.8 Å². The molecule has 2 aromatic heterocycles. The standard InChI is InChI=1S/C14H21N5/c1-10-5-7-19-13(8-10)16-14(17-19)18-6-3-4-12(9-18)11(2)15/h5,7-8,11-12H,3-4,6,9,15H2,1-2H3. The molecule has 0 radical (unpaired) electrons. The molecule has 19 heavy (non-hydrogen) atoms. The summed E-state index contributed by atoms with van der Waals surface area (Å²) in [6, 6.07) is 4.35. The normalized spacial score (nSPS) is 21.8. The van der Waals surface area contributed by atoms with Crippen molar-refractivity contribution < 1.29 is 0 Å². The van der Waals surface area contributed by atoms with E-state index in [-0.39, 0.29) is 6.04 Å². The first-order valence-corrected chi connectivity index (χ1v) is 6.97. The Morgan fingerprint density at radius 3 is 3.11 bits per heavy atom. The number of nitrogens with zero attached hydrogens (tertiary/aromatic N) is 4. The highest BCUT2D eigenvalue weighted by Gasteiger charge is 2.25. The van der Waals surface area contributed by atoms with Crippen LogP contribution in [0.3, 0.4) is 0 Å². The van der Waals surface area contributed by atoms with E-state index in [0.717, 1.165) is 24.7 Å². The largest absolute Gasteiger partial charge is 0.339 e. The number of anilines is 1. The number of piperidine rings is 1. The van der Waals surface area contributed by atoms with Gasteiger partial charge in [-0.25, -0.2) is 4.52 Å². The van der Waals surface area contributed by atoms with E-state index in [4.69, 9.17) is 5.73 Å². The van der Waals surface area contributed by atoms with Gasteiger partial charge in [-0.15, -0.1) is 5.10 Å². The van der Waals surface area contributed by atoms with Gasteiger partial charge < -0.3 is 10.6 Å². The van der Waals surface area contributed by atoms with E-state index in [2.05, 4.69) is 34.9 Å². The fraction of sp³-hybridized carbons (Fsp3) is 0.571. The van der Waals surface area contributed by atoms with Crippen LogP contribution in [-0.2, 0) is 0 Å². The zero-order valence-corrected chi connectivity index (χ0v) is 11.6. The van der Waals surface area contributed by atoms with Crippen LogP contribution in [0.4, 0.5) is 5.95 Å². The minimum Gasteiger partial charge on any atom is -0.339 e. The Hall–Kier alpha value is -1.62. The Bertz CT molecular complexity index is 574. The van der Waals surface area contributed by atoms with Gasteiger partial charge in [-0.1, -0.05) is 0 Å². The maximum atomic E-state index is 6.03. The van der Waals surface area contributed by atoms with Crippen LogP contribution < -0.4 is 10.6 Å². The molecule has 2 atom stereocenters. The van der Waals surface area contributed by atoms with Crippen molar-refractivity contribution in [1.82, 2.24) is 14.6 Å². The van der Waals surface area contributed by atoms with Crippen LogP contribution >= 0.6 is 0 Å². The van der Waals surface area contributed by atoms with Gasteiger partial charge >= 0.3 is 0 Å². The highest BCUT2D eigenvalue weighted by atomic mass is 15.4. The lowest BCUT2D eigenvalue weighted by molar-refractivity contribution is 0.362. The van der Waals surface area contributed by atoms with Gasteiger partial charge in [0.2, 0.25) is 5.95 Å². The summed E-state index contributed by atoms with van der Waals surface area (Å²) in [6.45, 7) is 6.16.